The van der Waals surface area contributed by atoms with Gasteiger partial charge in [-0.3, -0.25) is 0 Å². The number of furan rings is 1. The zero-order valence-corrected chi connectivity index (χ0v) is 18.9. The molecule has 0 amide bonds. The van der Waals surface area contributed by atoms with Gasteiger partial charge in [0.15, 0.2) is 0 Å². The van der Waals surface area contributed by atoms with Crippen LogP contribution in [0.2, 0.25) is 0 Å². The van der Waals surface area contributed by atoms with Crippen LogP contribution in [0.4, 0.5) is 0 Å². The minimum absolute atomic E-state index is 0.843. The zero-order chi connectivity index (χ0) is 20.4. The summed E-state index contributed by atoms with van der Waals surface area (Å²) in [6.07, 6.45) is 2.72. The Morgan fingerprint density at radius 3 is 1.63 bits per heavy atom. The predicted octanol–water partition coefficient (Wildman–Crippen LogP) is 6.69. The lowest BCUT2D eigenvalue weighted by molar-refractivity contribution is 0.535. The highest BCUT2D eigenvalue weighted by Crippen LogP contribution is 2.58. The Balaban J connectivity index is 1.79. The van der Waals surface area contributed by atoms with Crippen LogP contribution in [-0.2, 0) is 6.16 Å². The predicted molar refractivity (Wildman–Crippen MR) is 133 cm³/mol. The molecule has 1 aromatic heterocycles. The first-order valence-electron chi connectivity index (χ1n) is 9.98. The third-order valence-corrected chi connectivity index (χ3v) is 10.4. The van der Waals surface area contributed by atoms with Gasteiger partial charge in [0.1, 0.15) is 35.1 Å². The molecule has 0 bridgehead atoms. The summed E-state index contributed by atoms with van der Waals surface area (Å²) in [5.74, 6) is 1.04. The largest absolute Gasteiger partial charge is 0.464 e. The Bertz CT molecular complexity index is 1170. The average Bonchev–Trinajstić information content (AvgIpc) is 3.20. The van der Waals surface area contributed by atoms with Crippen LogP contribution < -0.4 is 15.9 Å². The second-order valence-corrected chi connectivity index (χ2v) is 11.8. The van der Waals surface area contributed by atoms with Crippen molar-refractivity contribution in [2.75, 3.05) is 0 Å². The second kappa shape index (κ2) is 8.22. The normalized spacial score (nSPS) is 11.6. The van der Waals surface area contributed by atoms with Gasteiger partial charge in [-0.1, -0.05) is 70.5 Å². The highest BCUT2D eigenvalue weighted by molar-refractivity contribution is 9.10. The third kappa shape index (κ3) is 3.41. The van der Waals surface area contributed by atoms with Gasteiger partial charge < -0.3 is 4.42 Å². The number of hydrogen-bond acceptors (Lipinski definition) is 1. The zero-order valence-electron chi connectivity index (χ0n) is 16.4. The maximum atomic E-state index is 6.20. The molecule has 0 unspecified atom stereocenters. The highest BCUT2D eigenvalue weighted by Gasteiger charge is 2.46. The van der Waals surface area contributed by atoms with E-state index >= 15 is 0 Å². The minimum atomic E-state index is -1.96. The van der Waals surface area contributed by atoms with Crippen molar-refractivity contribution < 1.29 is 4.42 Å². The van der Waals surface area contributed by atoms with Crippen LogP contribution in [0.25, 0.3) is 10.8 Å². The van der Waals surface area contributed by atoms with Crippen molar-refractivity contribution in [3.63, 3.8) is 0 Å². The topological polar surface area (TPSA) is 13.1 Å². The lowest BCUT2D eigenvalue weighted by atomic mass is 10.2. The van der Waals surface area contributed by atoms with E-state index < -0.39 is 7.26 Å². The Kier molecular flexibility index (Phi) is 5.29. The lowest BCUT2D eigenvalue weighted by Crippen LogP contribution is -2.32. The molecule has 0 saturated carbocycles. The van der Waals surface area contributed by atoms with E-state index in [1.165, 1.54) is 21.3 Å². The molecule has 1 nitrogen and oxygen atoms in total. The molecule has 30 heavy (non-hydrogen) atoms. The van der Waals surface area contributed by atoms with Gasteiger partial charge >= 0.3 is 0 Å². The van der Waals surface area contributed by atoms with Crippen molar-refractivity contribution >= 4 is 49.9 Å². The SMILES string of the molecule is Brc1ccc2c(C[P+](c3ccccc3)(c3ccccc3)c3ccccc3)occ2c1. The van der Waals surface area contributed by atoms with Gasteiger partial charge in [0, 0.05) is 15.2 Å². The summed E-state index contributed by atoms with van der Waals surface area (Å²) < 4.78 is 7.26. The minimum Gasteiger partial charge on any atom is -0.464 e. The lowest BCUT2D eigenvalue weighted by Gasteiger charge is -2.27. The Hall–Kier alpha value is -2.67. The Morgan fingerprint density at radius 1 is 0.633 bits per heavy atom. The quantitative estimate of drug-likeness (QED) is 0.260. The van der Waals surface area contributed by atoms with Gasteiger partial charge in [-0.15, -0.1) is 0 Å². The number of benzene rings is 4. The number of fused-ring (bicyclic) bond motifs is 1. The van der Waals surface area contributed by atoms with E-state index in [2.05, 4.69) is 125 Å². The Labute approximate surface area is 185 Å². The molecule has 0 aliphatic rings. The molecule has 0 fully saturated rings. The van der Waals surface area contributed by atoms with Crippen molar-refractivity contribution in [3.8, 4) is 0 Å². The van der Waals surface area contributed by atoms with Crippen molar-refractivity contribution in [3.05, 3.63) is 126 Å². The number of halogens is 1. The fraction of sp³-hybridized carbons (Fsp3) is 0.0370. The molecule has 0 aliphatic heterocycles. The van der Waals surface area contributed by atoms with Gasteiger partial charge in [-0.2, -0.15) is 0 Å². The van der Waals surface area contributed by atoms with E-state index in [-0.39, 0.29) is 0 Å². The van der Waals surface area contributed by atoms with E-state index in [0.717, 1.165) is 21.8 Å². The Morgan fingerprint density at radius 2 is 1.13 bits per heavy atom. The van der Waals surface area contributed by atoms with E-state index in [1.807, 2.05) is 6.26 Å². The standard InChI is InChI=1S/C27H21BrOP/c28-22-16-17-26-21(18-22)19-29-27(26)20-30(23-10-4-1-5-11-23,24-12-6-2-7-13-24)25-14-8-3-9-15-25/h1-19H,20H2/q+1. The van der Waals surface area contributed by atoms with Crippen LogP contribution in [0.1, 0.15) is 5.76 Å². The van der Waals surface area contributed by atoms with E-state index in [1.54, 1.807) is 0 Å². The molecule has 4 aromatic carbocycles. The molecular formula is C27H21BrOP+. The van der Waals surface area contributed by atoms with Crippen molar-refractivity contribution in [1.82, 2.24) is 0 Å². The molecule has 0 N–H and O–H groups in total. The fourth-order valence-electron chi connectivity index (χ4n) is 4.19. The average molecular weight is 472 g/mol. The van der Waals surface area contributed by atoms with Crippen LogP contribution >= 0.6 is 23.2 Å². The summed E-state index contributed by atoms with van der Waals surface area (Å²) in [5.41, 5.74) is 0. The first-order valence-corrected chi connectivity index (χ1v) is 12.7. The third-order valence-electron chi connectivity index (χ3n) is 5.61. The molecule has 0 saturated heterocycles. The molecule has 3 heteroatoms. The number of hydrogen-bond donors (Lipinski definition) is 0. The molecule has 0 aliphatic carbocycles. The molecule has 146 valence electrons. The van der Waals surface area contributed by atoms with Crippen LogP contribution in [0, 0.1) is 0 Å². The van der Waals surface area contributed by atoms with E-state index in [4.69, 9.17) is 4.42 Å². The summed E-state index contributed by atoms with van der Waals surface area (Å²) in [6.45, 7) is 0. The molecule has 1 heterocycles. The summed E-state index contributed by atoms with van der Waals surface area (Å²) in [7, 11) is -1.96. The summed E-state index contributed by atoms with van der Waals surface area (Å²) in [4.78, 5) is 0. The molecule has 0 atom stereocenters. The first kappa shape index (κ1) is 19.3. The van der Waals surface area contributed by atoms with E-state index in [0.29, 0.717) is 0 Å². The van der Waals surface area contributed by atoms with Crippen LogP contribution in [0.15, 0.2) is 124 Å². The smallest absolute Gasteiger partial charge is 0.149 e. The fourth-order valence-corrected chi connectivity index (χ4v) is 8.73. The van der Waals surface area contributed by atoms with Gasteiger partial charge in [0.25, 0.3) is 0 Å². The monoisotopic (exact) mass is 471 g/mol. The molecule has 0 radical (unpaired) electrons. The van der Waals surface area contributed by atoms with Gasteiger partial charge in [-0.05, 0) is 54.6 Å². The van der Waals surface area contributed by atoms with Crippen molar-refractivity contribution in [1.29, 1.82) is 0 Å². The van der Waals surface area contributed by atoms with Gasteiger partial charge in [0.05, 0.1) is 6.26 Å². The van der Waals surface area contributed by atoms with E-state index in [9.17, 15) is 0 Å². The maximum Gasteiger partial charge on any atom is 0.149 e. The summed E-state index contributed by atoms with van der Waals surface area (Å²) in [5, 5.41) is 6.41. The van der Waals surface area contributed by atoms with Gasteiger partial charge in [-0.25, -0.2) is 0 Å². The number of rotatable bonds is 5. The summed E-state index contributed by atoms with van der Waals surface area (Å²) >= 11 is 3.58. The first-order chi connectivity index (χ1) is 14.8. The summed E-state index contributed by atoms with van der Waals surface area (Å²) in [6, 6.07) is 39.2. The van der Waals surface area contributed by atoms with Crippen molar-refractivity contribution in [2.45, 2.75) is 6.16 Å². The van der Waals surface area contributed by atoms with Crippen molar-refractivity contribution in [2.24, 2.45) is 0 Å². The van der Waals surface area contributed by atoms with Crippen LogP contribution in [0.5, 0.6) is 0 Å². The highest BCUT2D eigenvalue weighted by atomic mass is 79.9. The van der Waals surface area contributed by atoms with Crippen LogP contribution in [0.3, 0.4) is 0 Å². The molecule has 5 aromatic rings. The van der Waals surface area contributed by atoms with Crippen LogP contribution in [-0.4, -0.2) is 0 Å². The molecule has 0 spiro atoms. The molecular weight excluding hydrogens is 451 g/mol. The maximum absolute atomic E-state index is 6.20. The van der Waals surface area contributed by atoms with Gasteiger partial charge in [0.2, 0.25) is 0 Å². The molecule has 5 rings (SSSR count). The second-order valence-electron chi connectivity index (χ2n) is 7.36.